The van der Waals surface area contributed by atoms with Crippen LogP contribution in [0, 0.1) is 0 Å². The van der Waals surface area contributed by atoms with Gasteiger partial charge in [-0.15, -0.1) is 0 Å². The SMILES string of the molecule is CC(C)(C)P(CCP(c1ccccn1)C(C)(C)C)c1ccccn1.[Au+].[Cl-]. The number of halogens is 1. The van der Waals surface area contributed by atoms with Gasteiger partial charge in [-0.3, -0.25) is 9.97 Å². The fraction of sp³-hybridized carbons (Fsp3) is 0.500. The van der Waals surface area contributed by atoms with Crippen LogP contribution in [-0.2, 0) is 22.4 Å². The van der Waals surface area contributed by atoms with Crippen LogP contribution in [-0.4, -0.2) is 32.6 Å². The molecule has 2 heterocycles. The molecule has 2 unspecified atom stereocenters. The number of aromatic nitrogens is 2. The second-order valence-corrected chi connectivity index (χ2v) is 14.2. The molecule has 0 fully saturated rings. The minimum atomic E-state index is -0.290. The molecule has 2 nitrogen and oxygen atoms in total. The molecule has 0 N–H and O–H groups in total. The van der Waals surface area contributed by atoms with E-state index < -0.39 is 0 Å². The molecule has 2 atom stereocenters. The fourth-order valence-corrected chi connectivity index (χ4v) is 8.53. The van der Waals surface area contributed by atoms with Crippen molar-refractivity contribution < 1.29 is 34.8 Å². The maximum Gasteiger partial charge on any atom is 1.00 e. The van der Waals surface area contributed by atoms with Gasteiger partial charge in [0, 0.05) is 12.4 Å². The van der Waals surface area contributed by atoms with Crippen molar-refractivity contribution in [3.8, 4) is 0 Å². The average Bonchev–Trinajstić information content (AvgIpc) is 2.51. The predicted molar refractivity (Wildman–Crippen MR) is 111 cm³/mol. The number of rotatable bonds is 5. The smallest absolute Gasteiger partial charge is 1.00 e. The third kappa shape index (κ3) is 7.67. The third-order valence-corrected chi connectivity index (χ3v) is 10.6. The predicted octanol–water partition coefficient (Wildman–Crippen LogP) is 1.99. The van der Waals surface area contributed by atoms with Crippen LogP contribution in [0.1, 0.15) is 41.5 Å². The van der Waals surface area contributed by atoms with E-state index in [0.29, 0.717) is 0 Å². The molecule has 0 bridgehead atoms. The molecule has 2 aromatic heterocycles. The van der Waals surface area contributed by atoms with Crippen molar-refractivity contribution >= 4 is 26.7 Å². The molecular weight excluding hydrogens is 563 g/mol. The Kier molecular flexibility index (Phi) is 11.3. The van der Waals surface area contributed by atoms with Gasteiger partial charge in [0.1, 0.15) is 0 Å². The molecule has 0 saturated heterocycles. The van der Waals surface area contributed by atoms with Gasteiger partial charge in [-0.05, 0) is 62.7 Å². The summed E-state index contributed by atoms with van der Waals surface area (Å²) in [6, 6.07) is 12.7. The van der Waals surface area contributed by atoms with Gasteiger partial charge >= 0.3 is 22.4 Å². The Morgan fingerprint density at radius 2 is 1.04 bits per heavy atom. The van der Waals surface area contributed by atoms with E-state index in [2.05, 4.69) is 75.8 Å². The van der Waals surface area contributed by atoms with Crippen LogP contribution in [0.5, 0.6) is 0 Å². The van der Waals surface area contributed by atoms with Crippen LogP contribution in [0.4, 0.5) is 0 Å². The zero-order valence-corrected chi connectivity index (χ0v) is 21.2. The fourth-order valence-electron chi connectivity index (χ4n) is 2.81. The van der Waals surface area contributed by atoms with E-state index in [1.54, 1.807) is 0 Å². The van der Waals surface area contributed by atoms with Gasteiger partial charge in [0.15, 0.2) is 0 Å². The summed E-state index contributed by atoms with van der Waals surface area (Å²) in [7, 11) is -0.579. The van der Waals surface area contributed by atoms with Gasteiger partial charge in [0.2, 0.25) is 0 Å². The summed E-state index contributed by atoms with van der Waals surface area (Å²) in [4.78, 5) is 9.36. The number of hydrogen-bond donors (Lipinski definition) is 0. The van der Waals surface area contributed by atoms with Crippen LogP contribution in [0.15, 0.2) is 48.8 Å². The summed E-state index contributed by atoms with van der Waals surface area (Å²) in [5.74, 6) is 0. The number of nitrogens with zero attached hydrogens (tertiary/aromatic N) is 2. The van der Waals surface area contributed by atoms with Gasteiger partial charge in [-0.2, -0.15) is 0 Å². The zero-order valence-electron chi connectivity index (χ0n) is 16.5. The minimum Gasteiger partial charge on any atom is -1.00 e. The van der Waals surface area contributed by atoms with E-state index in [9.17, 15) is 0 Å². The molecule has 6 heteroatoms. The second kappa shape index (κ2) is 11.3. The molecule has 148 valence electrons. The molecule has 26 heavy (non-hydrogen) atoms. The maximum absolute atomic E-state index is 4.68. The van der Waals surface area contributed by atoms with Crippen LogP contribution in [0.3, 0.4) is 0 Å². The summed E-state index contributed by atoms with van der Waals surface area (Å²) in [5, 5.41) is 0.541. The van der Waals surface area contributed by atoms with Gasteiger partial charge in [-0.25, -0.2) is 0 Å². The van der Waals surface area contributed by atoms with Gasteiger partial charge < -0.3 is 12.4 Å². The summed E-state index contributed by atoms with van der Waals surface area (Å²) in [6.07, 6.45) is 6.30. The standard InChI is InChI=1S/C20H30N2P2.Au.ClH/c1-19(2,3)23(17-11-7-9-13-21-17)15-16-24(20(4,5)6)18-12-8-10-14-22-18;;/h7-14H,15-16H2,1-6H3;;1H/q;+1;/p-1. The van der Waals surface area contributed by atoms with E-state index >= 15 is 0 Å². The molecule has 2 rings (SSSR count). The monoisotopic (exact) mass is 592 g/mol. The van der Waals surface area contributed by atoms with Gasteiger partial charge in [-0.1, -0.05) is 53.7 Å². The Morgan fingerprint density at radius 1 is 0.692 bits per heavy atom. The minimum absolute atomic E-state index is 0. The van der Waals surface area contributed by atoms with Crippen LogP contribution >= 0.6 is 15.8 Å². The molecule has 0 aliphatic rings. The Bertz CT molecular complexity index is 570. The Balaban J connectivity index is 0.00000312. The quantitative estimate of drug-likeness (QED) is 0.392. The topological polar surface area (TPSA) is 25.8 Å². The van der Waals surface area contributed by atoms with Crippen LogP contribution < -0.4 is 23.3 Å². The first-order valence-electron chi connectivity index (χ1n) is 8.57. The Morgan fingerprint density at radius 3 is 1.27 bits per heavy atom. The van der Waals surface area contributed by atoms with Crippen molar-refractivity contribution in [2.45, 2.75) is 51.9 Å². The molecular formula is C20H30AuClN2P2. The Labute approximate surface area is 183 Å². The van der Waals surface area contributed by atoms with Gasteiger partial charge in [0.25, 0.3) is 0 Å². The summed E-state index contributed by atoms with van der Waals surface area (Å²) in [6.45, 7) is 14.1. The summed E-state index contributed by atoms with van der Waals surface area (Å²) in [5.41, 5.74) is 2.56. The Hall–Kier alpha value is 0.190. The van der Waals surface area contributed by atoms with Gasteiger partial charge in [0.05, 0.1) is 10.9 Å². The molecule has 0 amide bonds. The van der Waals surface area contributed by atoms with Crippen molar-refractivity contribution in [2.24, 2.45) is 0 Å². The third-order valence-electron chi connectivity index (χ3n) is 4.02. The molecule has 0 aromatic carbocycles. The second-order valence-electron chi connectivity index (χ2n) is 8.02. The first kappa shape index (κ1) is 26.2. The molecule has 0 spiro atoms. The summed E-state index contributed by atoms with van der Waals surface area (Å²) >= 11 is 0. The first-order chi connectivity index (χ1) is 11.2. The normalized spacial score (nSPS) is 13.9. The molecule has 0 radical (unpaired) electrons. The van der Waals surface area contributed by atoms with E-state index in [4.69, 9.17) is 0 Å². The van der Waals surface area contributed by atoms with Crippen LogP contribution in [0.25, 0.3) is 0 Å². The van der Waals surface area contributed by atoms with E-state index in [-0.39, 0.29) is 60.9 Å². The molecule has 0 saturated carbocycles. The van der Waals surface area contributed by atoms with Crippen molar-refractivity contribution in [1.82, 2.24) is 9.97 Å². The molecule has 0 aliphatic carbocycles. The number of pyridine rings is 2. The van der Waals surface area contributed by atoms with E-state index in [0.717, 1.165) is 0 Å². The zero-order chi connectivity index (χ0) is 17.8. The van der Waals surface area contributed by atoms with Crippen molar-refractivity contribution in [3.63, 3.8) is 0 Å². The maximum atomic E-state index is 4.68. The first-order valence-corrected chi connectivity index (χ1v) is 11.6. The average molecular weight is 593 g/mol. The van der Waals surface area contributed by atoms with Crippen LogP contribution in [0.2, 0.25) is 0 Å². The van der Waals surface area contributed by atoms with E-state index in [1.807, 2.05) is 24.5 Å². The van der Waals surface area contributed by atoms with Crippen molar-refractivity contribution in [2.75, 3.05) is 12.3 Å². The van der Waals surface area contributed by atoms with Crippen molar-refractivity contribution in [3.05, 3.63) is 48.8 Å². The largest absolute Gasteiger partial charge is 1.00 e. The summed E-state index contributed by atoms with van der Waals surface area (Å²) < 4.78 is 0. The molecule has 2 aromatic rings. The number of hydrogen-bond acceptors (Lipinski definition) is 2. The van der Waals surface area contributed by atoms with E-state index in [1.165, 1.54) is 23.2 Å². The van der Waals surface area contributed by atoms with Crippen molar-refractivity contribution in [1.29, 1.82) is 0 Å². The molecule has 0 aliphatic heterocycles.